The number of sulfonamides is 1. The highest BCUT2D eigenvalue weighted by molar-refractivity contribution is 7.92. The highest BCUT2D eigenvalue weighted by Gasteiger charge is 2.25. The summed E-state index contributed by atoms with van der Waals surface area (Å²) < 4.78 is 30.7. The number of methoxy groups -OCH3 is 1. The molecule has 1 atom stereocenters. The normalized spacial score (nSPS) is 16.3. The van der Waals surface area contributed by atoms with Crippen molar-refractivity contribution in [2.75, 3.05) is 24.2 Å². The zero-order chi connectivity index (χ0) is 19.4. The number of carbonyl (C=O) groups is 1. The summed E-state index contributed by atoms with van der Waals surface area (Å²) in [5, 5.41) is 3.00. The Bertz CT molecular complexity index is 910. The highest BCUT2D eigenvalue weighted by Crippen LogP contribution is 2.29. The molecule has 0 aliphatic heterocycles. The number of benzene rings is 2. The van der Waals surface area contributed by atoms with Crippen LogP contribution in [0.3, 0.4) is 0 Å². The number of carbonyl (C=O) groups excluding carboxylic acids is 1. The Labute approximate surface area is 160 Å². The molecule has 0 spiro atoms. The quantitative estimate of drug-likeness (QED) is 0.825. The summed E-state index contributed by atoms with van der Waals surface area (Å²) in [4.78, 5) is 12.6. The van der Waals surface area contributed by atoms with Gasteiger partial charge in [-0.2, -0.15) is 0 Å². The molecular formula is C20H24N2O4S. The summed E-state index contributed by atoms with van der Waals surface area (Å²) in [6, 6.07) is 14.6. The zero-order valence-corrected chi connectivity index (χ0v) is 16.3. The average molecular weight is 388 g/mol. The van der Waals surface area contributed by atoms with Gasteiger partial charge in [-0.1, -0.05) is 24.3 Å². The Morgan fingerprint density at radius 1 is 1.19 bits per heavy atom. The number of rotatable bonds is 6. The van der Waals surface area contributed by atoms with E-state index in [0.717, 1.165) is 35.4 Å². The first-order valence-electron chi connectivity index (χ1n) is 8.87. The number of aryl methyl sites for hydroxylation is 1. The monoisotopic (exact) mass is 388 g/mol. The van der Waals surface area contributed by atoms with Crippen LogP contribution in [0.2, 0.25) is 0 Å². The first-order valence-corrected chi connectivity index (χ1v) is 10.7. The lowest BCUT2D eigenvalue weighted by Gasteiger charge is -2.28. The van der Waals surface area contributed by atoms with E-state index in [4.69, 9.17) is 4.74 Å². The number of ether oxygens (including phenoxy) is 1. The van der Waals surface area contributed by atoms with Crippen molar-refractivity contribution >= 4 is 21.6 Å². The number of anilines is 1. The Hall–Kier alpha value is -2.54. The van der Waals surface area contributed by atoms with Gasteiger partial charge in [-0.25, -0.2) is 8.42 Å². The van der Waals surface area contributed by atoms with Crippen molar-refractivity contribution in [2.24, 2.45) is 0 Å². The summed E-state index contributed by atoms with van der Waals surface area (Å²) in [5.74, 6) is 0.299. The predicted octanol–water partition coefficient (Wildman–Crippen LogP) is 2.66. The molecule has 27 heavy (non-hydrogen) atoms. The maximum Gasteiger partial charge on any atom is 0.241 e. The van der Waals surface area contributed by atoms with Crippen LogP contribution in [-0.2, 0) is 21.2 Å². The van der Waals surface area contributed by atoms with Crippen LogP contribution in [0, 0.1) is 0 Å². The van der Waals surface area contributed by atoms with Gasteiger partial charge < -0.3 is 10.1 Å². The molecule has 1 aliphatic rings. The lowest BCUT2D eigenvalue weighted by Crippen LogP contribution is -2.42. The first-order chi connectivity index (χ1) is 12.9. The van der Waals surface area contributed by atoms with Gasteiger partial charge >= 0.3 is 0 Å². The Morgan fingerprint density at radius 2 is 1.89 bits per heavy atom. The SMILES string of the molecule is COc1ccc(N(CC(=O)NC2CCCc3ccccc32)S(C)(=O)=O)cc1. The van der Waals surface area contributed by atoms with Gasteiger partial charge in [0.05, 0.1) is 25.1 Å². The second-order valence-corrected chi connectivity index (χ2v) is 8.59. The van der Waals surface area contributed by atoms with Gasteiger partial charge in [-0.15, -0.1) is 0 Å². The van der Waals surface area contributed by atoms with Gasteiger partial charge in [0, 0.05) is 0 Å². The van der Waals surface area contributed by atoms with E-state index in [-0.39, 0.29) is 18.5 Å². The maximum absolute atomic E-state index is 12.6. The molecule has 0 saturated heterocycles. The Balaban J connectivity index is 1.76. The van der Waals surface area contributed by atoms with Crippen molar-refractivity contribution in [3.05, 3.63) is 59.7 Å². The second kappa shape index (κ2) is 8.00. The molecule has 1 aliphatic carbocycles. The van der Waals surface area contributed by atoms with Crippen LogP contribution in [0.1, 0.15) is 30.0 Å². The van der Waals surface area contributed by atoms with Gasteiger partial charge in [0.2, 0.25) is 15.9 Å². The molecule has 0 aromatic heterocycles. The van der Waals surface area contributed by atoms with Crippen LogP contribution in [-0.4, -0.2) is 34.2 Å². The molecular weight excluding hydrogens is 364 g/mol. The van der Waals surface area contributed by atoms with E-state index < -0.39 is 10.0 Å². The summed E-state index contributed by atoms with van der Waals surface area (Å²) in [5.41, 5.74) is 2.79. The van der Waals surface area contributed by atoms with E-state index >= 15 is 0 Å². The molecule has 1 amide bonds. The summed E-state index contributed by atoms with van der Waals surface area (Å²) in [6.45, 7) is -0.260. The van der Waals surface area contributed by atoms with Crippen LogP contribution in [0.5, 0.6) is 5.75 Å². The predicted molar refractivity (Wildman–Crippen MR) is 105 cm³/mol. The fourth-order valence-corrected chi connectivity index (χ4v) is 4.28. The van der Waals surface area contributed by atoms with Gasteiger partial charge in [0.25, 0.3) is 0 Å². The van der Waals surface area contributed by atoms with Crippen molar-refractivity contribution in [3.63, 3.8) is 0 Å². The summed E-state index contributed by atoms with van der Waals surface area (Å²) >= 11 is 0. The molecule has 0 bridgehead atoms. The highest BCUT2D eigenvalue weighted by atomic mass is 32.2. The minimum absolute atomic E-state index is 0.0836. The van der Waals surface area contributed by atoms with Gasteiger partial charge in [0.15, 0.2) is 0 Å². The molecule has 2 aromatic carbocycles. The van der Waals surface area contributed by atoms with Crippen LogP contribution >= 0.6 is 0 Å². The number of nitrogens with one attached hydrogen (secondary N) is 1. The van der Waals surface area contributed by atoms with Gasteiger partial charge in [-0.3, -0.25) is 9.10 Å². The number of fused-ring (bicyclic) bond motifs is 1. The van der Waals surface area contributed by atoms with E-state index in [1.807, 2.05) is 18.2 Å². The molecule has 0 heterocycles. The minimum atomic E-state index is -3.60. The largest absolute Gasteiger partial charge is 0.497 e. The van der Waals surface area contributed by atoms with Crippen molar-refractivity contribution in [2.45, 2.75) is 25.3 Å². The van der Waals surface area contributed by atoms with Crippen LogP contribution in [0.4, 0.5) is 5.69 Å². The summed E-state index contributed by atoms with van der Waals surface area (Å²) in [7, 11) is -2.06. The van der Waals surface area contributed by atoms with E-state index in [2.05, 4.69) is 11.4 Å². The number of amides is 1. The Morgan fingerprint density at radius 3 is 2.56 bits per heavy atom. The lowest BCUT2D eigenvalue weighted by molar-refractivity contribution is -0.120. The van der Waals surface area contributed by atoms with E-state index in [1.165, 1.54) is 5.56 Å². The lowest BCUT2D eigenvalue weighted by atomic mass is 9.88. The zero-order valence-electron chi connectivity index (χ0n) is 15.5. The molecule has 0 saturated carbocycles. The van der Waals surface area contributed by atoms with Crippen molar-refractivity contribution < 1.29 is 17.9 Å². The average Bonchev–Trinajstić information content (AvgIpc) is 2.66. The van der Waals surface area contributed by atoms with Crippen LogP contribution in [0.15, 0.2) is 48.5 Å². The van der Waals surface area contributed by atoms with Crippen LogP contribution < -0.4 is 14.4 Å². The number of hydrogen-bond donors (Lipinski definition) is 1. The molecule has 6 nitrogen and oxygen atoms in total. The molecule has 144 valence electrons. The first kappa shape index (κ1) is 19.2. The standard InChI is InChI=1S/C20H24N2O4S/c1-26-17-12-10-16(11-13-17)22(27(2,24)25)14-20(23)21-19-9-5-7-15-6-3-4-8-18(15)19/h3-4,6,8,10-13,19H,5,7,9,14H2,1-2H3,(H,21,23). The summed E-state index contributed by atoms with van der Waals surface area (Å²) in [6.07, 6.45) is 3.95. The van der Waals surface area contributed by atoms with Gasteiger partial charge in [0.1, 0.15) is 12.3 Å². The van der Waals surface area contributed by atoms with Crippen molar-refractivity contribution in [1.82, 2.24) is 5.32 Å². The van der Waals surface area contributed by atoms with Crippen molar-refractivity contribution in [3.8, 4) is 5.75 Å². The molecule has 2 aromatic rings. The molecule has 0 fully saturated rings. The topological polar surface area (TPSA) is 75.7 Å². The Kier molecular flexibility index (Phi) is 5.70. The smallest absolute Gasteiger partial charge is 0.241 e. The molecule has 1 unspecified atom stereocenters. The third-order valence-corrected chi connectivity index (χ3v) is 5.89. The molecule has 7 heteroatoms. The fourth-order valence-electron chi connectivity index (χ4n) is 3.42. The van der Waals surface area contributed by atoms with Gasteiger partial charge in [-0.05, 0) is 54.7 Å². The van der Waals surface area contributed by atoms with Crippen LogP contribution in [0.25, 0.3) is 0 Å². The third-order valence-electron chi connectivity index (χ3n) is 4.75. The molecule has 1 N–H and O–H groups in total. The van der Waals surface area contributed by atoms with E-state index in [9.17, 15) is 13.2 Å². The molecule has 3 rings (SSSR count). The van der Waals surface area contributed by atoms with E-state index in [0.29, 0.717) is 11.4 Å². The number of nitrogens with zero attached hydrogens (tertiary/aromatic N) is 1. The second-order valence-electron chi connectivity index (χ2n) is 6.68. The minimum Gasteiger partial charge on any atom is -0.497 e. The fraction of sp³-hybridized carbons (Fsp3) is 0.350. The molecule has 0 radical (unpaired) electrons. The van der Waals surface area contributed by atoms with E-state index in [1.54, 1.807) is 31.4 Å². The van der Waals surface area contributed by atoms with Crippen molar-refractivity contribution in [1.29, 1.82) is 0 Å². The maximum atomic E-state index is 12.6. The number of hydrogen-bond acceptors (Lipinski definition) is 4. The third kappa shape index (κ3) is 4.60.